The first-order chi connectivity index (χ1) is 10.2. The summed E-state index contributed by atoms with van der Waals surface area (Å²) >= 11 is 6.08. The maximum Gasteiger partial charge on any atom is 0.0408 e. The van der Waals surface area contributed by atoms with E-state index in [1.54, 1.807) is 0 Å². The summed E-state index contributed by atoms with van der Waals surface area (Å²) in [5.41, 5.74) is 5.48. The molecule has 2 aromatic rings. The zero-order valence-corrected chi connectivity index (χ0v) is 13.5. The summed E-state index contributed by atoms with van der Waals surface area (Å²) < 4.78 is 0. The number of rotatable bonds is 4. The minimum Gasteiger partial charge on any atom is -0.382 e. The molecule has 0 radical (unpaired) electrons. The predicted octanol–water partition coefficient (Wildman–Crippen LogP) is 5.57. The minimum absolute atomic E-state index is 0.584. The van der Waals surface area contributed by atoms with Crippen molar-refractivity contribution in [1.82, 2.24) is 0 Å². The number of hydrogen-bond donors (Lipinski definition) is 1. The van der Waals surface area contributed by atoms with Crippen LogP contribution in [0.2, 0.25) is 5.02 Å². The lowest BCUT2D eigenvalue weighted by Crippen LogP contribution is -2.34. The van der Waals surface area contributed by atoms with Gasteiger partial charge in [-0.25, -0.2) is 0 Å². The topological polar surface area (TPSA) is 12.0 Å². The van der Waals surface area contributed by atoms with Crippen LogP contribution in [0.25, 0.3) is 0 Å². The summed E-state index contributed by atoms with van der Waals surface area (Å²) in [6.45, 7) is 4.41. The first-order valence-corrected chi connectivity index (χ1v) is 8.15. The number of hydrogen-bond acceptors (Lipinski definition) is 1. The van der Waals surface area contributed by atoms with Crippen molar-refractivity contribution >= 4 is 17.3 Å². The second-order valence-electron chi connectivity index (χ2n) is 6.03. The molecule has 1 aliphatic carbocycles. The molecule has 1 fully saturated rings. The van der Waals surface area contributed by atoms with Crippen LogP contribution in [0.4, 0.5) is 5.69 Å². The van der Waals surface area contributed by atoms with Gasteiger partial charge in [0.15, 0.2) is 0 Å². The molecule has 1 aliphatic rings. The van der Waals surface area contributed by atoms with E-state index in [2.05, 4.69) is 55.6 Å². The Morgan fingerprint density at radius 2 is 1.90 bits per heavy atom. The summed E-state index contributed by atoms with van der Waals surface area (Å²) in [7, 11) is 0. The smallest absolute Gasteiger partial charge is 0.0408 e. The van der Waals surface area contributed by atoms with Crippen LogP contribution in [-0.2, 0) is 6.42 Å². The Kier molecular flexibility index (Phi) is 4.21. The molecule has 110 valence electrons. The zero-order valence-electron chi connectivity index (χ0n) is 12.7. The van der Waals surface area contributed by atoms with Gasteiger partial charge in [0.05, 0.1) is 0 Å². The zero-order chi connectivity index (χ0) is 14.8. The first-order valence-electron chi connectivity index (χ1n) is 7.78. The molecule has 0 bridgehead atoms. The van der Waals surface area contributed by atoms with Gasteiger partial charge < -0.3 is 5.32 Å². The average Bonchev–Trinajstić information content (AvgIpc) is 2.43. The van der Waals surface area contributed by atoms with Gasteiger partial charge in [0.1, 0.15) is 0 Å². The molecule has 2 aromatic carbocycles. The second-order valence-corrected chi connectivity index (χ2v) is 6.46. The van der Waals surface area contributed by atoms with E-state index in [0.29, 0.717) is 12.0 Å². The van der Waals surface area contributed by atoms with E-state index in [-0.39, 0.29) is 0 Å². The Morgan fingerprint density at radius 1 is 1.14 bits per heavy atom. The van der Waals surface area contributed by atoms with Gasteiger partial charge in [-0.05, 0) is 60.9 Å². The summed E-state index contributed by atoms with van der Waals surface area (Å²) in [6.07, 6.45) is 3.46. The minimum atomic E-state index is 0.584. The van der Waals surface area contributed by atoms with Gasteiger partial charge in [-0.3, -0.25) is 0 Å². The molecule has 1 N–H and O–H groups in total. The largest absolute Gasteiger partial charge is 0.382 e. The van der Waals surface area contributed by atoms with E-state index >= 15 is 0 Å². The van der Waals surface area contributed by atoms with E-state index in [9.17, 15) is 0 Å². The van der Waals surface area contributed by atoms with E-state index in [1.807, 2.05) is 6.07 Å². The molecule has 3 rings (SSSR count). The lowest BCUT2D eigenvalue weighted by atomic mass is 9.75. The summed E-state index contributed by atoms with van der Waals surface area (Å²) in [5, 5.41) is 4.59. The van der Waals surface area contributed by atoms with Crippen molar-refractivity contribution in [2.75, 3.05) is 5.32 Å². The fourth-order valence-corrected chi connectivity index (χ4v) is 3.40. The number of nitrogens with one attached hydrogen (secondary N) is 1. The molecule has 0 heterocycles. The molecule has 2 heteroatoms. The van der Waals surface area contributed by atoms with E-state index in [0.717, 1.165) is 11.4 Å². The third-order valence-electron chi connectivity index (χ3n) is 4.55. The SMILES string of the molecule is CCc1cccc(C)c1NC1CC(c2cccc(Cl)c2)C1. The van der Waals surface area contributed by atoms with Gasteiger partial charge >= 0.3 is 0 Å². The maximum absolute atomic E-state index is 6.08. The monoisotopic (exact) mass is 299 g/mol. The van der Waals surface area contributed by atoms with Crippen molar-refractivity contribution in [2.45, 2.75) is 45.1 Å². The van der Waals surface area contributed by atoms with Gasteiger partial charge in [0.25, 0.3) is 0 Å². The van der Waals surface area contributed by atoms with Crippen LogP contribution in [0.3, 0.4) is 0 Å². The van der Waals surface area contributed by atoms with Crippen molar-refractivity contribution < 1.29 is 0 Å². The Labute approximate surface area is 132 Å². The van der Waals surface area contributed by atoms with Gasteiger partial charge in [-0.2, -0.15) is 0 Å². The van der Waals surface area contributed by atoms with Crippen molar-refractivity contribution in [1.29, 1.82) is 0 Å². The standard InChI is InChI=1S/C19H22ClN/c1-3-14-7-4-6-13(2)19(14)21-18-11-16(12-18)15-8-5-9-17(20)10-15/h4-10,16,18,21H,3,11-12H2,1-2H3. The molecule has 0 amide bonds. The van der Waals surface area contributed by atoms with Gasteiger partial charge in [-0.15, -0.1) is 0 Å². The molecule has 0 spiro atoms. The number of para-hydroxylation sites is 1. The van der Waals surface area contributed by atoms with Crippen LogP contribution in [0.1, 0.15) is 42.4 Å². The molecule has 0 atom stereocenters. The number of halogens is 1. The number of anilines is 1. The van der Waals surface area contributed by atoms with Gasteiger partial charge in [0, 0.05) is 16.8 Å². The van der Waals surface area contributed by atoms with Crippen molar-refractivity contribution in [3.05, 3.63) is 64.2 Å². The summed E-state index contributed by atoms with van der Waals surface area (Å²) in [5.74, 6) is 0.648. The number of benzene rings is 2. The van der Waals surface area contributed by atoms with Crippen LogP contribution >= 0.6 is 11.6 Å². The molecular weight excluding hydrogens is 278 g/mol. The lowest BCUT2D eigenvalue weighted by Gasteiger charge is -2.37. The number of aryl methyl sites for hydroxylation is 2. The molecule has 1 nitrogen and oxygen atoms in total. The highest BCUT2D eigenvalue weighted by molar-refractivity contribution is 6.30. The highest BCUT2D eigenvalue weighted by atomic mass is 35.5. The average molecular weight is 300 g/mol. The molecule has 21 heavy (non-hydrogen) atoms. The molecule has 0 aromatic heterocycles. The third-order valence-corrected chi connectivity index (χ3v) is 4.78. The Bertz CT molecular complexity index is 629. The fraction of sp³-hybridized carbons (Fsp3) is 0.368. The van der Waals surface area contributed by atoms with E-state index in [1.165, 1.54) is 35.2 Å². The molecule has 0 aliphatic heterocycles. The molecule has 1 saturated carbocycles. The van der Waals surface area contributed by atoms with Gasteiger partial charge in [-0.1, -0.05) is 48.9 Å². The Hall–Kier alpha value is -1.47. The second kappa shape index (κ2) is 6.11. The van der Waals surface area contributed by atoms with Crippen molar-refractivity contribution in [3.8, 4) is 0 Å². The fourth-order valence-electron chi connectivity index (χ4n) is 3.20. The molecule has 0 unspecified atom stereocenters. The quantitative estimate of drug-likeness (QED) is 0.778. The van der Waals surface area contributed by atoms with Crippen LogP contribution in [-0.4, -0.2) is 6.04 Å². The van der Waals surface area contributed by atoms with E-state index in [4.69, 9.17) is 11.6 Å². The third kappa shape index (κ3) is 3.08. The van der Waals surface area contributed by atoms with Gasteiger partial charge in [0.2, 0.25) is 0 Å². The predicted molar refractivity (Wildman–Crippen MR) is 91.4 cm³/mol. The molecular formula is C19H22ClN. The summed E-state index contributed by atoms with van der Waals surface area (Å²) in [4.78, 5) is 0. The van der Waals surface area contributed by atoms with Crippen LogP contribution in [0, 0.1) is 6.92 Å². The Morgan fingerprint density at radius 3 is 2.62 bits per heavy atom. The highest BCUT2D eigenvalue weighted by Gasteiger charge is 2.30. The van der Waals surface area contributed by atoms with Crippen molar-refractivity contribution in [2.24, 2.45) is 0 Å². The van der Waals surface area contributed by atoms with Crippen molar-refractivity contribution in [3.63, 3.8) is 0 Å². The first kappa shape index (κ1) is 14.5. The Balaban J connectivity index is 1.65. The van der Waals surface area contributed by atoms with Crippen LogP contribution < -0.4 is 5.32 Å². The lowest BCUT2D eigenvalue weighted by molar-refractivity contribution is 0.374. The molecule has 0 saturated heterocycles. The maximum atomic E-state index is 6.08. The van der Waals surface area contributed by atoms with Crippen LogP contribution in [0.15, 0.2) is 42.5 Å². The normalized spacial score (nSPS) is 20.9. The highest BCUT2D eigenvalue weighted by Crippen LogP contribution is 2.40. The van der Waals surface area contributed by atoms with E-state index < -0.39 is 0 Å². The van der Waals surface area contributed by atoms with Crippen LogP contribution in [0.5, 0.6) is 0 Å². The summed E-state index contributed by atoms with van der Waals surface area (Å²) in [6, 6.07) is 15.4.